The lowest BCUT2D eigenvalue weighted by Crippen LogP contribution is -2.21. The van der Waals surface area contributed by atoms with Crippen molar-refractivity contribution in [3.05, 3.63) is 35.8 Å². The molecule has 2 aromatic rings. The minimum absolute atomic E-state index is 0.326. The van der Waals surface area contributed by atoms with E-state index in [1.54, 1.807) is 12.1 Å². The number of halogens is 2. The first kappa shape index (κ1) is 11.7. The molecular weight excluding hydrogens is 236 g/mol. The zero-order valence-electron chi connectivity index (χ0n) is 10.0. The van der Waals surface area contributed by atoms with Crippen LogP contribution in [0.3, 0.4) is 0 Å². The predicted molar refractivity (Wildman–Crippen MR) is 65.7 cm³/mol. The summed E-state index contributed by atoms with van der Waals surface area (Å²) in [5, 5.41) is 3.80. The molecule has 1 N–H and O–H groups in total. The largest absolute Gasteiger partial charge is 0.458 e. The number of benzene rings is 1. The third-order valence-corrected chi connectivity index (χ3v) is 3.54. The summed E-state index contributed by atoms with van der Waals surface area (Å²) in [6.07, 6.45) is 1.62. The van der Waals surface area contributed by atoms with Gasteiger partial charge in [0.2, 0.25) is 0 Å². The molecule has 4 heteroatoms. The highest BCUT2D eigenvalue weighted by Gasteiger charge is 2.36. The van der Waals surface area contributed by atoms with Crippen molar-refractivity contribution in [3.63, 3.8) is 0 Å². The lowest BCUT2D eigenvalue weighted by molar-refractivity contribution is 0.115. The first-order chi connectivity index (χ1) is 8.67. The van der Waals surface area contributed by atoms with E-state index in [4.69, 9.17) is 4.42 Å². The molecule has 1 unspecified atom stereocenters. The second-order valence-electron chi connectivity index (χ2n) is 4.86. The molecule has 0 bridgehead atoms. The fraction of sp³-hybridized carbons (Fsp3) is 0.429. The number of furan rings is 1. The highest BCUT2D eigenvalue weighted by atomic mass is 19.1. The van der Waals surface area contributed by atoms with Gasteiger partial charge >= 0.3 is 0 Å². The average molecular weight is 251 g/mol. The summed E-state index contributed by atoms with van der Waals surface area (Å²) in [5.41, 5.74) is -0.889. The molecule has 2 heterocycles. The molecule has 0 spiro atoms. The van der Waals surface area contributed by atoms with Gasteiger partial charge in [0.1, 0.15) is 17.2 Å². The molecule has 0 saturated carbocycles. The van der Waals surface area contributed by atoms with E-state index in [2.05, 4.69) is 5.32 Å². The van der Waals surface area contributed by atoms with Gasteiger partial charge in [-0.05, 0) is 50.2 Å². The van der Waals surface area contributed by atoms with Crippen LogP contribution in [0.5, 0.6) is 0 Å². The second-order valence-corrected chi connectivity index (χ2v) is 4.86. The molecule has 1 aliphatic rings. The van der Waals surface area contributed by atoms with E-state index in [1.807, 2.05) is 0 Å². The predicted octanol–water partition coefficient (Wildman–Crippen LogP) is 3.51. The van der Waals surface area contributed by atoms with Crippen LogP contribution >= 0.6 is 0 Å². The van der Waals surface area contributed by atoms with Crippen molar-refractivity contribution >= 4 is 11.0 Å². The topological polar surface area (TPSA) is 25.2 Å². The van der Waals surface area contributed by atoms with Crippen LogP contribution in [-0.4, -0.2) is 13.1 Å². The van der Waals surface area contributed by atoms with E-state index in [1.165, 1.54) is 12.1 Å². The molecule has 1 aromatic heterocycles. The molecule has 2 nitrogen and oxygen atoms in total. The molecule has 3 rings (SSSR count). The van der Waals surface area contributed by atoms with E-state index >= 15 is 0 Å². The quantitative estimate of drug-likeness (QED) is 0.839. The van der Waals surface area contributed by atoms with Crippen LogP contribution in [0.1, 0.15) is 25.0 Å². The number of nitrogens with one attached hydrogen (secondary N) is 1. The molecule has 1 saturated heterocycles. The SMILES string of the molecule is Fc1ccc2oc(C3(F)CCCNCC3)cc2c1. The van der Waals surface area contributed by atoms with E-state index < -0.39 is 5.67 Å². The summed E-state index contributed by atoms with van der Waals surface area (Å²) < 4.78 is 33.5. The Balaban J connectivity index is 2.02. The summed E-state index contributed by atoms with van der Waals surface area (Å²) in [7, 11) is 0. The van der Waals surface area contributed by atoms with Crippen LogP contribution in [0.4, 0.5) is 8.78 Å². The molecule has 1 fully saturated rings. The van der Waals surface area contributed by atoms with Gasteiger partial charge in [-0.25, -0.2) is 8.78 Å². The minimum atomic E-state index is -1.43. The van der Waals surface area contributed by atoms with Gasteiger partial charge in [0.05, 0.1) is 0 Å². The lowest BCUT2D eigenvalue weighted by Gasteiger charge is -2.20. The molecule has 96 valence electrons. The first-order valence-corrected chi connectivity index (χ1v) is 6.27. The van der Waals surface area contributed by atoms with Gasteiger partial charge in [-0.15, -0.1) is 0 Å². The Hall–Kier alpha value is -1.42. The summed E-state index contributed by atoms with van der Waals surface area (Å²) >= 11 is 0. The number of alkyl halides is 1. The fourth-order valence-electron chi connectivity index (χ4n) is 2.51. The summed E-state index contributed by atoms with van der Waals surface area (Å²) in [6.45, 7) is 1.47. The normalized spacial score (nSPS) is 25.2. The van der Waals surface area contributed by atoms with Gasteiger partial charge in [0.25, 0.3) is 0 Å². The molecule has 1 aliphatic heterocycles. The maximum absolute atomic E-state index is 14.9. The fourth-order valence-corrected chi connectivity index (χ4v) is 2.51. The zero-order chi connectivity index (χ0) is 12.6. The Morgan fingerprint density at radius 2 is 2.06 bits per heavy atom. The number of rotatable bonds is 1. The Morgan fingerprint density at radius 3 is 2.94 bits per heavy atom. The van der Waals surface area contributed by atoms with Crippen LogP contribution < -0.4 is 5.32 Å². The molecule has 0 aliphatic carbocycles. The van der Waals surface area contributed by atoms with Crippen LogP contribution in [0, 0.1) is 5.82 Å². The van der Waals surface area contributed by atoms with Crippen molar-refractivity contribution in [2.45, 2.75) is 24.9 Å². The monoisotopic (exact) mass is 251 g/mol. The van der Waals surface area contributed by atoms with Gasteiger partial charge in [0, 0.05) is 11.8 Å². The highest BCUT2D eigenvalue weighted by molar-refractivity contribution is 5.78. The molecule has 1 atom stereocenters. The van der Waals surface area contributed by atoms with E-state index in [-0.39, 0.29) is 5.82 Å². The van der Waals surface area contributed by atoms with Crippen LogP contribution in [0.25, 0.3) is 11.0 Å². The Labute approximate surface area is 104 Å². The standard InChI is InChI=1S/C14H15F2NO/c15-11-2-3-12-10(8-11)9-13(18-12)14(16)4-1-6-17-7-5-14/h2-3,8-9,17H,1,4-7H2. The summed E-state index contributed by atoms with van der Waals surface area (Å²) in [5.74, 6) is -0.00269. The Bertz CT molecular complexity index is 556. The van der Waals surface area contributed by atoms with E-state index in [0.29, 0.717) is 36.1 Å². The van der Waals surface area contributed by atoms with Crippen molar-refractivity contribution < 1.29 is 13.2 Å². The van der Waals surface area contributed by atoms with Crippen molar-refractivity contribution in [2.24, 2.45) is 0 Å². The maximum Gasteiger partial charge on any atom is 0.169 e. The zero-order valence-corrected chi connectivity index (χ0v) is 10.0. The van der Waals surface area contributed by atoms with Gasteiger partial charge in [-0.1, -0.05) is 0 Å². The summed E-state index contributed by atoms with van der Waals surface area (Å²) in [4.78, 5) is 0. The Morgan fingerprint density at radius 1 is 1.17 bits per heavy atom. The van der Waals surface area contributed by atoms with Crippen LogP contribution in [0.15, 0.2) is 28.7 Å². The molecule has 0 radical (unpaired) electrons. The van der Waals surface area contributed by atoms with Gasteiger partial charge in [0.15, 0.2) is 5.67 Å². The first-order valence-electron chi connectivity index (χ1n) is 6.27. The highest BCUT2D eigenvalue weighted by Crippen LogP contribution is 2.38. The number of hydrogen-bond acceptors (Lipinski definition) is 2. The van der Waals surface area contributed by atoms with Crippen molar-refractivity contribution in [1.29, 1.82) is 0 Å². The minimum Gasteiger partial charge on any atom is -0.458 e. The number of hydrogen-bond donors (Lipinski definition) is 1. The Kier molecular flexibility index (Phi) is 2.82. The van der Waals surface area contributed by atoms with Gasteiger partial charge in [-0.3, -0.25) is 0 Å². The second kappa shape index (κ2) is 4.35. The third kappa shape index (κ3) is 2.01. The number of fused-ring (bicyclic) bond motifs is 1. The van der Waals surface area contributed by atoms with Gasteiger partial charge in [-0.2, -0.15) is 0 Å². The molecular formula is C14H15F2NO. The van der Waals surface area contributed by atoms with Crippen molar-refractivity contribution in [1.82, 2.24) is 5.32 Å². The van der Waals surface area contributed by atoms with E-state index in [9.17, 15) is 8.78 Å². The third-order valence-electron chi connectivity index (χ3n) is 3.54. The van der Waals surface area contributed by atoms with Gasteiger partial charge < -0.3 is 9.73 Å². The lowest BCUT2D eigenvalue weighted by atomic mass is 9.94. The molecule has 0 amide bonds. The van der Waals surface area contributed by atoms with Crippen molar-refractivity contribution in [2.75, 3.05) is 13.1 Å². The van der Waals surface area contributed by atoms with Crippen LogP contribution in [-0.2, 0) is 5.67 Å². The average Bonchev–Trinajstić information content (AvgIpc) is 2.65. The van der Waals surface area contributed by atoms with Crippen molar-refractivity contribution in [3.8, 4) is 0 Å². The molecule has 18 heavy (non-hydrogen) atoms. The van der Waals surface area contributed by atoms with E-state index in [0.717, 1.165) is 13.0 Å². The summed E-state index contributed by atoms with van der Waals surface area (Å²) in [6, 6.07) is 5.88. The maximum atomic E-state index is 14.9. The van der Waals surface area contributed by atoms with Crippen LogP contribution in [0.2, 0.25) is 0 Å². The molecule has 1 aromatic carbocycles. The smallest absolute Gasteiger partial charge is 0.169 e.